The van der Waals surface area contributed by atoms with E-state index in [0.29, 0.717) is 11.6 Å². The van der Waals surface area contributed by atoms with Crippen molar-refractivity contribution in [2.75, 3.05) is 20.1 Å². The van der Waals surface area contributed by atoms with Gasteiger partial charge in [-0.2, -0.15) is 0 Å². The fourth-order valence-corrected chi connectivity index (χ4v) is 1.66. The van der Waals surface area contributed by atoms with Crippen molar-refractivity contribution in [3.8, 4) is 0 Å². The van der Waals surface area contributed by atoms with Gasteiger partial charge in [0.2, 0.25) is 0 Å². The van der Waals surface area contributed by atoms with Crippen molar-refractivity contribution in [1.29, 1.82) is 0 Å². The molecule has 18 heavy (non-hydrogen) atoms. The first-order valence-corrected chi connectivity index (χ1v) is 6.29. The van der Waals surface area contributed by atoms with E-state index < -0.39 is 11.6 Å². The predicted molar refractivity (Wildman–Crippen MR) is 70.5 cm³/mol. The molecule has 102 valence electrons. The van der Waals surface area contributed by atoms with Gasteiger partial charge in [-0.1, -0.05) is 0 Å². The quantitative estimate of drug-likeness (QED) is 0.842. The van der Waals surface area contributed by atoms with Crippen LogP contribution in [-0.4, -0.2) is 31.1 Å². The first-order chi connectivity index (χ1) is 8.40. The van der Waals surface area contributed by atoms with Crippen molar-refractivity contribution in [2.45, 2.75) is 32.9 Å². The zero-order valence-corrected chi connectivity index (χ0v) is 11.5. The van der Waals surface area contributed by atoms with E-state index in [1.807, 2.05) is 6.92 Å². The third-order valence-electron chi connectivity index (χ3n) is 3.18. The Labute approximate surface area is 108 Å². The molecule has 0 aliphatic carbocycles. The van der Waals surface area contributed by atoms with Crippen LogP contribution in [0, 0.1) is 11.6 Å². The number of nitrogens with zero attached hydrogens (tertiary/aromatic N) is 1. The molecule has 0 heterocycles. The van der Waals surface area contributed by atoms with Crippen LogP contribution in [0.2, 0.25) is 0 Å². The van der Waals surface area contributed by atoms with E-state index in [1.54, 1.807) is 0 Å². The van der Waals surface area contributed by atoms with Gasteiger partial charge in [-0.3, -0.25) is 0 Å². The second kappa shape index (κ2) is 6.81. The molecule has 0 radical (unpaired) electrons. The predicted octanol–water partition coefficient (Wildman–Crippen LogP) is 2.96. The van der Waals surface area contributed by atoms with Crippen LogP contribution in [0.15, 0.2) is 18.2 Å². The maximum absolute atomic E-state index is 13.1. The molecular weight excluding hydrogens is 234 g/mol. The summed E-state index contributed by atoms with van der Waals surface area (Å²) in [6.45, 7) is 7.86. The molecule has 2 nitrogen and oxygen atoms in total. The standard InChI is InChI=1S/C14H22F2N2/c1-10(2)18(4)6-5-17-11(3)12-7-13(15)9-14(16)8-12/h7-11,17H,5-6H2,1-4H3. The SMILES string of the molecule is CC(NCCN(C)C(C)C)c1cc(F)cc(F)c1. The summed E-state index contributed by atoms with van der Waals surface area (Å²) in [5.74, 6) is -1.06. The van der Waals surface area contributed by atoms with Crippen molar-refractivity contribution >= 4 is 0 Å². The van der Waals surface area contributed by atoms with Gasteiger partial charge < -0.3 is 10.2 Å². The highest BCUT2D eigenvalue weighted by Crippen LogP contribution is 2.15. The van der Waals surface area contributed by atoms with Gasteiger partial charge in [0.05, 0.1) is 0 Å². The van der Waals surface area contributed by atoms with Gasteiger partial charge in [0.15, 0.2) is 0 Å². The van der Waals surface area contributed by atoms with E-state index in [2.05, 4.69) is 31.1 Å². The van der Waals surface area contributed by atoms with E-state index in [0.717, 1.165) is 19.2 Å². The Bertz CT molecular complexity index is 360. The first kappa shape index (κ1) is 15.1. The molecule has 0 spiro atoms. The Morgan fingerprint density at radius 1 is 1.11 bits per heavy atom. The van der Waals surface area contributed by atoms with E-state index in [4.69, 9.17) is 0 Å². The van der Waals surface area contributed by atoms with Crippen LogP contribution in [0.25, 0.3) is 0 Å². The minimum Gasteiger partial charge on any atom is -0.309 e. The van der Waals surface area contributed by atoms with Gasteiger partial charge in [-0.25, -0.2) is 8.78 Å². The summed E-state index contributed by atoms with van der Waals surface area (Å²) < 4.78 is 26.1. The summed E-state index contributed by atoms with van der Waals surface area (Å²) in [6.07, 6.45) is 0. The maximum atomic E-state index is 13.1. The molecule has 0 saturated carbocycles. The third-order valence-corrected chi connectivity index (χ3v) is 3.18. The molecule has 0 saturated heterocycles. The second-order valence-electron chi connectivity index (χ2n) is 4.95. The van der Waals surface area contributed by atoms with Crippen molar-refractivity contribution < 1.29 is 8.78 Å². The summed E-state index contributed by atoms with van der Waals surface area (Å²) in [7, 11) is 2.05. The Hall–Kier alpha value is -1.00. The van der Waals surface area contributed by atoms with Gasteiger partial charge in [0.1, 0.15) is 11.6 Å². The summed E-state index contributed by atoms with van der Waals surface area (Å²) in [5.41, 5.74) is 0.639. The number of halogens is 2. The highest BCUT2D eigenvalue weighted by Gasteiger charge is 2.09. The summed E-state index contributed by atoms with van der Waals surface area (Å²) in [4.78, 5) is 2.21. The van der Waals surface area contributed by atoms with Gasteiger partial charge in [-0.05, 0) is 45.5 Å². The van der Waals surface area contributed by atoms with Crippen LogP contribution in [0.3, 0.4) is 0 Å². The molecule has 0 amide bonds. The molecule has 1 unspecified atom stereocenters. The van der Waals surface area contributed by atoms with E-state index in [9.17, 15) is 8.78 Å². The molecule has 1 aromatic rings. The molecule has 4 heteroatoms. The lowest BCUT2D eigenvalue weighted by atomic mass is 10.1. The zero-order valence-electron chi connectivity index (χ0n) is 11.5. The molecule has 1 atom stereocenters. The minimum atomic E-state index is -0.530. The lowest BCUT2D eigenvalue weighted by molar-refractivity contribution is 0.270. The first-order valence-electron chi connectivity index (χ1n) is 6.29. The molecular formula is C14H22F2N2. The molecule has 1 N–H and O–H groups in total. The smallest absolute Gasteiger partial charge is 0.126 e. The average molecular weight is 256 g/mol. The van der Waals surface area contributed by atoms with Gasteiger partial charge in [0.25, 0.3) is 0 Å². The lowest BCUT2D eigenvalue weighted by Crippen LogP contribution is -2.34. The Morgan fingerprint density at radius 3 is 2.17 bits per heavy atom. The molecule has 0 aromatic heterocycles. The Balaban J connectivity index is 2.47. The summed E-state index contributed by atoms with van der Waals surface area (Å²) in [5, 5.41) is 3.26. The van der Waals surface area contributed by atoms with E-state index >= 15 is 0 Å². The molecule has 0 aliphatic rings. The van der Waals surface area contributed by atoms with E-state index in [-0.39, 0.29) is 6.04 Å². The molecule has 1 aromatic carbocycles. The second-order valence-corrected chi connectivity index (χ2v) is 4.95. The van der Waals surface area contributed by atoms with Crippen LogP contribution >= 0.6 is 0 Å². The molecule has 0 bridgehead atoms. The van der Waals surface area contributed by atoms with Gasteiger partial charge in [0, 0.05) is 31.2 Å². The van der Waals surface area contributed by atoms with Crippen LogP contribution in [0.5, 0.6) is 0 Å². The third kappa shape index (κ3) is 4.70. The summed E-state index contributed by atoms with van der Waals surface area (Å²) in [6, 6.07) is 4.06. The van der Waals surface area contributed by atoms with Gasteiger partial charge in [-0.15, -0.1) is 0 Å². The number of likely N-dealkylation sites (N-methyl/N-ethyl adjacent to an activating group) is 1. The fourth-order valence-electron chi connectivity index (χ4n) is 1.66. The topological polar surface area (TPSA) is 15.3 Å². The van der Waals surface area contributed by atoms with Crippen molar-refractivity contribution in [2.24, 2.45) is 0 Å². The monoisotopic (exact) mass is 256 g/mol. The maximum Gasteiger partial charge on any atom is 0.126 e. The number of hydrogen-bond donors (Lipinski definition) is 1. The van der Waals surface area contributed by atoms with E-state index in [1.165, 1.54) is 12.1 Å². The zero-order chi connectivity index (χ0) is 13.7. The number of benzene rings is 1. The minimum absolute atomic E-state index is 0.0595. The van der Waals surface area contributed by atoms with Crippen LogP contribution in [-0.2, 0) is 0 Å². The van der Waals surface area contributed by atoms with Crippen LogP contribution in [0.1, 0.15) is 32.4 Å². The fraction of sp³-hybridized carbons (Fsp3) is 0.571. The molecule has 0 fully saturated rings. The number of rotatable bonds is 6. The normalized spacial score (nSPS) is 13.3. The lowest BCUT2D eigenvalue weighted by Gasteiger charge is -2.22. The highest BCUT2D eigenvalue weighted by molar-refractivity contribution is 5.20. The molecule has 0 aliphatic heterocycles. The van der Waals surface area contributed by atoms with Crippen molar-refractivity contribution in [1.82, 2.24) is 10.2 Å². The van der Waals surface area contributed by atoms with Crippen LogP contribution < -0.4 is 5.32 Å². The van der Waals surface area contributed by atoms with Gasteiger partial charge >= 0.3 is 0 Å². The average Bonchev–Trinajstić information content (AvgIpc) is 2.27. The molecule has 1 rings (SSSR count). The van der Waals surface area contributed by atoms with Crippen molar-refractivity contribution in [3.63, 3.8) is 0 Å². The number of hydrogen-bond acceptors (Lipinski definition) is 2. The highest BCUT2D eigenvalue weighted by atomic mass is 19.1. The van der Waals surface area contributed by atoms with Crippen molar-refractivity contribution in [3.05, 3.63) is 35.4 Å². The Kier molecular flexibility index (Phi) is 5.69. The largest absolute Gasteiger partial charge is 0.309 e. The van der Waals surface area contributed by atoms with Crippen LogP contribution in [0.4, 0.5) is 8.78 Å². The number of nitrogens with one attached hydrogen (secondary N) is 1. The summed E-state index contributed by atoms with van der Waals surface area (Å²) >= 11 is 0. The Morgan fingerprint density at radius 2 is 1.67 bits per heavy atom.